The summed E-state index contributed by atoms with van der Waals surface area (Å²) in [6, 6.07) is 3.69. The first-order chi connectivity index (χ1) is 14.2. The highest BCUT2D eigenvalue weighted by atomic mass is 16.5. The maximum atomic E-state index is 13.1. The molecular weight excluding hydrogens is 368 g/mol. The third-order valence-electron chi connectivity index (χ3n) is 6.00. The van der Waals surface area contributed by atoms with Gasteiger partial charge in [0.15, 0.2) is 0 Å². The lowest BCUT2D eigenvalue weighted by Gasteiger charge is -2.28. The van der Waals surface area contributed by atoms with Gasteiger partial charge < -0.3 is 19.0 Å². The number of hydrogen-bond donors (Lipinski definition) is 0. The fraction of sp³-hybridized carbons (Fsp3) is 0.652. The molecule has 6 heteroatoms. The van der Waals surface area contributed by atoms with Crippen LogP contribution < -0.4 is 0 Å². The summed E-state index contributed by atoms with van der Waals surface area (Å²) in [5.74, 6) is 1.36. The molecule has 0 bridgehead atoms. The van der Waals surface area contributed by atoms with Crippen molar-refractivity contribution in [2.45, 2.75) is 64.0 Å². The summed E-state index contributed by atoms with van der Waals surface area (Å²) in [7, 11) is 0. The van der Waals surface area contributed by atoms with Gasteiger partial charge in [0.25, 0.3) is 0 Å². The summed E-state index contributed by atoms with van der Waals surface area (Å²) in [4.78, 5) is 29.3. The number of amides is 2. The Bertz CT molecular complexity index is 646. The molecule has 1 aliphatic heterocycles. The van der Waals surface area contributed by atoms with Crippen LogP contribution in [0.5, 0.6) is 0 Å². The van der Waals surface area contributed by atoms with Crippen LogP contribution in [0.1, 0.15) is 57.1 Å². The zero-order chi connectivity index (χ0) is 20.5. The van der Waals surface area contributed by atoms with E-state index in [9.17, 15) is 9.59 Å². The normalized spacial score (nSPS) is 19.4. The molecule has 2 amide bonds. The number of furan rings is 1. The van der Waals surface area contributed by atoms with Crippen molar-refractivity contribution in [1.82, 2.24) is 9.80 Å². The number of ether oxygens (including phenoxy) is 1. The van der Waals surface area contributed by atoms with Gasteiger partial charge >= 0.3 is 0 Å². The fourth-order valence-electron chi connectivity index (χ4n) is 4.34. The number of rotatable bonds is 11. The van der Waals surface area contributed by atoms with Crippen LogP contribution >= 0.6 is 0 Å². The van der Waals surface area contributed by atoms with E-state index in [-0.39, 0.29) is 24.5 Å². The van der Waals surface area contributed by atoms with E-state index >= 15 is 0 Å². The van der Waals surface area contributed by atoms with Gasteiger partial charge in [0.2, 0.25) is 11.8 Å². The maximum absolute atomic E-state index is 13.1. The molecule has 2 heterocycles. The zero-order valence-electron chi connectivity index (χ0n) is 17.4. The second kappa shape index (κ2) is 11.2. The van der Waals surface area contributed by atoms with E-state index in [0.29, 0.717) is 32.0 Å². The van der Waals surface area contributed by atoms with Crippen molar-refractivity contribution < 1.29 is 18.7 Å². The van der Waals surface area contributed by atoms with E-state index in [0.717, 1.165) is 31.6 Å². The van der Waals surface area contributed by atoms with Crippen molar-refractivity contribution in [2.24, 2.45) is 5.92 Å². The topological polar surface area (TPSA) is 63.0 Å². The third kappa shape index (κ3) is 6.74. The Morgan fingerprint density at radius 1 is 1.14 bits per heavy atom. The van der Waals surface area contributed by atoms with Crippen LogP contribution in [-0.4, -0.2) is 54.0 Å². The summed E-state index contributed by atoms with van der Waals surface area (Å²) < 4.78 is 11.2. The molecule has 2 fully saturated rings. The van der Waals surface area contributed by atoms with Gasteiger partial charge in [-0.15, -0.1) is 6.58 Å². The van der Waals surface area contributed by atoms with Crippen LogP contribution in [0.4, 0.5) is 0 Å². The Kier molecular flexibility index (Phi) is 8.35. The number of carbonyl (C=O) groups excluding carboxylic acids is 2. The van der Waals surface area contributed by atoms with Gasteiger partial charge in [0.05, 0.1) is 18.9 Å². The molecular formula is C23H34N2O4. The van der Waals surface area contributed by atoms with E-state index in [2.05, 4.69) is 6.58 Å². The highest BCUT2D eigenvalue weighted by Gasteiger charge is 2.26. The molecule has 6 nitrogen and oxygen atoms in total. The molecule has 29 heavy (non-hydrogen) atoms. The highest BCUT2D eigenvalue weighted by molar-refractivity contribution is 5.85. The molecule has 160 valence electrons. The molecule has 0 radical (unpaired) electrons. The SMILES string of the molecule is C=CCN(CC(=O)N(Cc1ccco1)CC1CCCO1)C(=O)CCC1CCCC1. The van der Waals surface area contributed by atoms with Crippen molar-refractivity contribution >= 4 is 11.8 Å². The lowest BCUT2D eigenvalue weighted by atomic mass is 10.0. The van der Waals surface area contributed by atoms with E-state index in [1.807, 2.05) is 12.1 Å². The molecule has 1 unspecified atom stereocenters. The van der Waals surface area contributed by atoms with Gasteiger partial charge in [-0.1, -0.05) is 31.8 Å². The fourth-order valence-corrected chi connectivity index (χ4v) is 4.34. The van der Waals surface area contributed by atoms with Crippen molar-refractivity contribution in [2.75, 3.05) is 26.2 Å². The Morgan fingerprint density at radius 3 is 2.62 bits per heavy atom. The monoisotopic (exact) mass is 402 g/mol. The van der Waals surface area contributed by atoms with E-state index in [1.54, 1.807) is 22.1 Å². The lowest BCUT2D eigenvalue weighted by molar-refractivity contribution is -0.141. The second-order valence-corrected chi connectivity index (χ2v) is 8.24. The molecule has 0 spiro atoms. The van der Waals surface area contributed by atoms with Crippen LogP contribution in [0, 0.1) is 5.92 Å². The van der Waals surface area contributed by atoms with E-state index < -0.39 is 0 Å². The third-order valence-corrected chi connectivity index (χ3v) is 6.00. The highest BCUT2D eigenvalue weighted by Crippen LogP contribution is 2.28. The van der Waals surface area contributed by atoms with E-state index in [4.69, 9.17) is 9.15 Å². The summed E-state index contributed by atoms with van der Waals surface area (Å²) in [6.07, 6.45) is 11.8. The average Bonchev–Trinajstić information content (AvgIpc) is 3.48. The first kappa shape index (κ1) is 21.6. The summed E-state index contributed by atoms with van der Waals surface area (Å²) in [5, 5.41) is 0. The predicted octanol–water partition coefficient (Wildman–Crippen LogP) is 3.77. The molecule has 1 atom stereocenters. The standard InChI is InChI=1S/C23H34N2O4/c1-2-13-24(22(26)12-11-19-7-3-4-8-19)18-23(27)25(16-20-9-5-14-28-20)17-21-10-6-15-29-21/h2,5,9,14,19,21H,1,3-4,6-8,10-13,15-18H2. The van der Waals surface area contributed by atoms with Gasteiger partial charge in [-0.25, -0.2) is 0 Å². The predicted molar refractivity (Wildman–Crippen MR) is 111 cm³/mol. The average molecular weight is 403 g/mol. The Hall–Kier alpha value is -2.08. The minimum Gasteiger partial charge on any atom is -0.467 e. The molecule has 2 aliphatic rings. The van der Waals surface area contributed by atoms with Crippen molar-refractivity contribution in [3.63, 3.8) is 0 Å². The first-order valence-electron chi connectivity index (χ1n) is 11.0. The van der Waals surface area contributed by atoms with Crippen molar-refractivity contribution in [3.8, 4) is 0 Å². The minimum absolute atomic E-state index is 0.0419. The van der Waals surface area contributed by atoms with Crippen LogP contribution in [0.25, 0.3) is 0 Å². The first-order valence-corrected chi connectivity index (χ1v) is 11.0. The summed E-state index contributed by atoms with van der Waals surface area (Å²) in [6.45, 7) is 5.89. The number of carbonyl (C=O) groups is 2. The molecule has 3 rings (SSSR count). The molecule has 1 aromatic rings. The largest absolute Gasteiger partial charge is 0.467 e. The van der Waals surface area contributed by atoms with Crippen molar-refractivity contribution in [1.29, 1.82) is 0 Å². The van der Waals surface area contributed by atoms with Crippen molar-refractivity contribution in [3.05, 3.63) is 36.8 Å². The maximum Gasteiger partial charge on any atom is 0.242 e. The van der Waals surface area contributed by atoms with Gasteiger partial charge in [-0.05, 0) is 37.3 Å². The molecule has 1 aliphatic carbocycles. The van der Waals surface area contributed by atoms with Gasteiger partial charge in [0.1, 0.15) is 12.3 Å². The van der Waals surface area contributed by atoms with E-state index in [1.165, 1.54) is 25.7 Å². The number of nitrogens with zero attached hydrogens (tertiary/aromatic N) is 2. The zero-order valence-corrected chi connectivity index (χ0v) is 17.4. The Morgan fingerprint density at radius 2 is 1.97 bits per heavy atom. The van der Waals surface area contributed by atoms with Crippen LogP contribution in [0.2, 0.25) is 0 Å². The summed E-state index contributed by atoms with van der Waals surface area (Å²) >= 11 is 0. The quantitative estimate of drug-likeness (QED) is 0.529. The van der Waals surface area contributed by atoms with Gasteiger partial charge in [0, 0.05) is 26.1 Å². The Balaban J connectivity index is 1.58. The molecule has 1 aromatic heterocycles. The molecule has 0 N–H and O–H groups in total. The summed E-state index contributed by atoms with van der Waals surface area (Å²) in [5.41, 5.74) is 0. The van der Waals surface area contributed by atoms with Gasteiger partial charge in [-0.2, -0.15) is 0 Å². The molecule has 1 saturated carbocycles. The van der Waals surface area contributed by atoms with Crippen LogP contribution in [0.3, 0.4) is 0 Å². The lowest BCUT2D eigenvalue weighted by Crippen LogP contribution is -2.45. The van der Waals surface area contributed by atoms with Crippen LogP contribution in [0.15, 0.2) is 35.5 Å². The van der Waals surface area contributed by atoms with Crippen LogP contribution in [-0.2, 0) is 20.9 Å². The van der Waals surface area contributed by atoms with Gasteiger partial charge in [-0.3, -0.25) is 9.59 Å². The number of hydrogen-bond acceptors (Lipinski definition) is 4. The Labute approximate surface area is 173 Å². The molecule has 1 saturated heterocycles. The minimum atomic E-state index is -0.0760. The molecule has 0 aromatic carbocycles. The smallest absolute Gasteiger partial charge is 0.242 e. The second-order valence-electron chi connectivity index (χ2n) is 8.24.